The number of carbonyl (C=O) groups is 1. The van der Waals surface area contributed by atoms with Gasteiger partial charge in [-0.3, -0.25) is 4.79 Å². The van der Waals surface area contributed by atoms with Crippen LogP contribution in [-0.4, -0.2) is 31.7 Å². The summed E-state index contributed by atoms with van der Waals surface area (Å²) in [5, 5.41) is 3.05. The first-order valence-corrected chi connectivity index (χ1v) is 6.20. The SMILES string of the molecule is COCC(N)C(=O)NC1CCCCCC1C. The van der Waals surface area contributed by atoms with Crippen LogP contribution < -0.4 is 11.1 Å². The van der Waals surface area contributed by atoms with E-state index in [2.05, 4.69) is 12.2 Å². The first-order valence-electron chi connectivity index (χ1n) is 6.20. The van der Waals surface area contributed by atoms with Crippen LogP contribution in [0.4, 0.5) is 0 Å². The maximum atomic E-state index is 11.7. The van der Waals surface area contributed by atoms with Crippen molar-refractivity contribution < 1.29 is 9.53 Å². The van der Waals surface area contributed by atoms with Gasteiger partial charge in [0.25, 0.3) is 0 Å². The van der Waals surface area contributed by atoms with Crippen LogP contribution in [0, 0.1) is 5.92 Å². The van der Waals surface area contributed by atoms with Gasteiger partial charge in [-0.2, -0.15) is 0 Å². The van der Waals surface area contributed by atoms with E-state index in [4.69, 9.17) is 10.5 Å². The lowest BCUT2D eigenvalue weighted by atomic mass is 9.97. The number of nitrogens with two attached hydrogens (primary N) is 1. The van der Waals surface area contributed by atoms with Crippen molar-refractivity contribution in [3.05, 3.63) is 0 Å². The second kappa shape index (κ2) is 6.86. The van der Waals surface area contributed by atoms with E-state index >= 15 is 0 Å². The van der Waals surface area contributed by atoms with Crippen LogP contribution in [0.2, 0.25) is 0 Å². The Bertz CT molecular complexity index is 221. The third-order valence-electron chi connectivity index (χ3n) is 3.37. The second-order valence-corrected chi connectivity index (χ2v) is 4.79. The van der Waals surface area contributed by atoms with E-state index in [9.17, 15) is 4.79 Å². The molecule has 1 aliphatic carbocycles. The molecule has 1 fully saturated rings. The van der Waals surface area contributed by atoms with Gasteiger partial charge in [-0.1, -0.05) is 26.2 Å². The van der Waals surface area contributed by atoms with Crippen molar-refractivity contribution >= 4 is 5.91 Å². The van der Waals surface area contributed by atoms with Crippen LogP contribution in [0.15, 0.2) is 0 Å². The fourth-order valence-corrected chi connectivity index (χ4v) is 2.25. The molecule has 0 radical (unpaired) electrons. The third-order valence-corrected chi connectivity index (χ3v) is 3.37. The van der Waals surface area contributed by atoms with Crippen molar-refractivity contribution in [3.8, 4) is 0 Å². The molecule has 1 amide bonds. The molecule has 0 heterocycles. The van der Waals surface area contributed by atoms with Gasteiger partial charge < -0.3 is 15.8 Å². The molecule has 0 bridgehead atoms. The highest BCUT2D eigenvalue weighted by molar-refractivity contribution is 5.81. The molecule has 94 valence electrons. The fourth-order valence-electron chi connectivity index (χ4n) is 2.25. The van der Waals surface area contributed by atoms with E-state index in [1.54, 1.807) is 7.11 Å². The number of amides is 1. The molecule has 0 spiro atoms. The number of rotatable bonds is 4. The summed E-state index contributed by atoms with van der Waals surface area (Å²) >= 11 is 0. The van der Waals surface area contributed by atoms with Crippen molar-refractivity contribution in [3.63, 3.8) is 0 Å². The van der Waals surface area contributed by atoms with Gasteiger partial charge in [0, 0.05) is 13.2 Å². The highest BCUT2D eigenvalue weighted by Gasteiger charge is 2.23. The van der Waals surface area contributed by atoms with Gasteiger partial charge in [-0.15, -0.1) is 0 Å². The summed E-state index contributed by atoms with van der Waals surface area (Å²) in [6.45, 7) is 2.49. The van der Waals surface area contributed by atoms with Crippen molar-refractivity contribution in [1.29, 1.82) is 0 Å². The Morgan fingerprint density at radius 3 is 2.81 bits per heavy atom. The standard InChI is InChI=1S/C12H24N2O2/c1-9-6-4-3-5-7-11(9)14-12(15)10(13)8-16-2/h9-11H,3-8,13H2,1-2H3,(H,14,15). The number of hydrogen-bond donors (Lipinski definition) is 2. The largest absolute Gasteiger partial charge is 0.383 e. The molecule has 4 heteroatoms. The molecule has 0 aromatic carbocycles. The Morgan fingerprint density at radius 2 is 2.12 bits per heavy atom. The molecule has 0 aromatic heterocycles. The lowest BCUT2D eigenvalue weighted by Gasteiger charge is -2.24. The smallest absolute Gasteiger partial charge is 0.239 e. The quantitative estimate of drug-likeness (QED) is 0.707. The Morgan fingerprint density at radius 1 is 1.44 bits per heavy atom. The van der Waals surface area contributed by atoms with E-state index < -0.39 is 6.04 Å². The van der Waals surface area contributed by atoms with Gasteiger partial charge in [-0.25, -0.2) is 0 Å². The van der Waals surface area contributed by atoms with Gasteiger partial charge in [0.05, 0.1) is 6.61 Å². The number of nitrogens with one attached hydrogen (secondary N) is 1. The molecule has 1 aliphatic rings. The summed E-state index contributed by atoms with van der Waals surface area (Å²) in [5.74, 6) is 0.474. The molecular weight excluding hydrogens is 204 g/mol. The summed E-state index contributed by atoms with van der Waals surface area (Å²) in [5.41, 5.74) is 5.69. The number of methoxy groups -OCH3 is 1. The number of carbonyl (C=O) groups excluding carboxylic acids is 1. The minimum Gasteiger partial charge on any atom is -0.383 e. The Balaban J connectivity index is 2.41. The van der Waals surface area contributed by atoms with E-state index in [-0.39, 0.29) is 18.6 Å². The van der Waals surface area contributed by atoms with Crippen molar-refractivity contribution in [2.45, 2.75) is 51.1 Å². The molecule has 16 heavy (non-hydrogen) atoms. The fraction of sp³-hybridized carbons (Fsp3) is 0.917. The normalized spacial score (nSPS) is 28.2. The van der Waals surface area contributed by atoms with E-state index in [0.29, 0.717) is 5.92 Å². The molecule has 1 saturated carbocycles. The van der Waals surface area contributed by atoms with Gasteiger partial charge in [0.2, 0.25) is 5.91 Å². The average Bonchev–Trinajstić information content (AvgIpc) is 2.45. The molecule has 0 aliphatic heterocycles. The van der Waals surface area contributed by atoms with Gasteiger partial charge >= 0.3 is 0 Å². The van der Waals surface area contributed by atoms with Crippen LogP contribution in [-0.2, 0) is 9.53 Å². The lowest BCUT2D eigenvalue weighted by Crippen LogP contribution is -2.49. The van der Waals surface area contributed by atoms with Gasteiger partial charge in [-0.05, 0) is 18.8 Å². The Hall–Kier alpha value is -0.610. The zero-order valence-corrected chi connectivity index (χ0v) is 10.4. The van der Waals surface area contributed by atoms with Crippen LogP contribution in [0.5, 0.6) is 0 Å². The second-order valence-electron chi connectivity index (χ2n) is 4.79. The minimum atomic E-state index is -0.541. The van der Waals surface area contributed by atoms with Crippen molar-refractivity contribution in [1.82, 2.24) is 5.32 Å². The molecule has 3 atom stereocenters. The first-order chi connectivity index (χ1) is 7.65. The Labute approximate surface area is 97.9 Å². The molecule has 1 rings (SSSR count). The average molecular weight is 228 g/mol. The highest BCUT2D eigenvalue weighted by atomic mass is 16.5. The predicted octanol–water partition coefficient (Wildman–Crippen LogP) is 1.05. The van der Waals surface area contributed by atoms with E-state index in [1.807, 2.05) is 0 Å². The summed E-state index contributed by atoms with van der Waals surface area (Å²) in [6, 6.07) is -0.252. The summed E-state index contributed by atoms with van der Waals surface area (Å²) < 4.78 is 4.88. The molecule has 3 unspecified atom stereocenters. The maximum Gasteiger partial charge on any atom is 0.239 e. The number of ether oxygens (including phenoxy) is 1. The predicted molar refractivity (Wildman–Crippen MR) is 64.0 cm³/mol. The van der Waals surface area contributed by atoms with E-state index in [1.165, 1.54) is 25.7 Å². The van der Waals surface area contributed by atoms with E-state index in [0.717, 1.165) is 6.42 Å². The lowest BCUT2D eigenvalue weighted by molar-refractivity contribution is -0.124. The molecular formula is C12H24N2O2. The Kier molecular flexibility index (Phi) is 5.77. The van der Waals surface area contributed by atoms with Crippen LogP contribution >= 0.6 is 0 Å². The third kappa shape index (κ3) is 4.10. The molecule has 3 N–H and O–H groups in total. The summed E-state index contributed by atoms with van der Waals surface area (Å²) in [7, 11) is 1.56. The topological polar surface area (TPSA) is 64.3 Å². The van der Waals surface area contributed by atoms with Crippen molar-refractivity contribution in [2.24, 2.45) is 11.7 Å². The number of hydrogen-bond acceptors (Lipinski definition) is 3. The molecule has 4 nitrogen and oxygen atoms in total. The molecule has 0 aromatic rings. The zero-order valence-electron chi connectivity index (χ0n) is 10.4. The summed E-state index contributed by atoms with van der Waals surface area (Å²) in [6.07, 6.45) is 6.03. The maximum absolute atomic E-state index is 11.7. The molecule has 0 saturated heterocycles. The first kappa shape index (κ1) is 13.5. The zero-order chi connectivity index (χ0) is 12.0. The highest BCUT2D eigenvalue weighted by Crippen LogP contribution is 2.22. The van der Waals surface area contributed by atoms with Crippen LogP contribution in [0.3, 0.4) is 0 Å². The van der Waals surface area contributed by atoms with Gasteiger partial charge in [0.15, 0.2) is 0 Å². The van der Waals surface area contributed by atoms with Crippen molar-refractivity contribution in [2.75, 3.05) is 13.7 Å². The monoisotopic (exact) mass is 228 g/mol. The minimum absolute atomic E-state index is 0.0828. The summed E-state index contributed by atoms with van der Waals surface area (Å²) in [4.78, 5) is 11.7. The van der Waals surface area contributed by atoms with Gasteiger partial charge in [0.1, 0.15) is 6.04 Å². The van der Waals surface area contributed by atoms with Crippen LogP contribution in [0.1, 0.15) is 39.0 Å². The van der Waals surface area contributed by atoms with Crippen LogP contribution in [0.25, 0.3) is 0 Å².